The van der Waals surface area contributed by atoms with E-state index in [-0.39, 0.29) is 11.8 Å². The lowest BCUT2D eigenvalue weighted by molar-refractivity contribution is -0.117. The van der Waals surface area contributed by atoms with Crippen LogP contribution in [-0.2, 0) is 4.79 Å². The van der Waals surface area contributed by atoms with Crippen molar-refractivity contribution >= 4 is 11.7 Å². The van der Waals surface area contributed by atoms with Crippen molar-refractivity contribution in [3.63, 3.8) is 0 Å². The summed E-state index contributed by atoms with van der Waals surface area (Å²) in [6.07, 6.45) is 0.520. The van der Waals surface area contributed by atoms with Crippen molar-refractivity contribution in [1.29, 1.82) is 0 Å². The average Bonchev–Trinajstić information content (AvgIpc) is 2.61. The minimum absolute atomic E-state index is 0.0867. The smallest absolute Gasteiger partial charge is 0.228 e. The molecule has 1 unspecified atom stereocenters. The summed E-state index contributed by atoms with van der Waals surface area (Å²) in [5.41, 5.74) is 6.39. The van der Waals surface area contributed by atoms with Crippen LogP contribution >= 0.6 is 0 Å². The van der Waals surface area contributed by atoms with Crippen molar-refractivity contribution in [3.8, 4) is 0 Å². The molecule has 1 aliphatic rings. The Morgan fingerprint density at radius 2 is 2.33 bits per heavy atom. The van der Waals surface area contributed by atoms with Gasteiger partial charge in [0.25, 0.3) is 0 Å². The average molecular weight is 206 g/mol. The van der Waals surface area contributed by atoms with Crippen LogP contribution in [0.2, 0.25) is 0 Å². The molecule has 80 valence electrons. The predicted molar refractivity (Wildman–Crippen MR) is 56.3 cm³/mol. The second kappa shape index (κ2) is 3.94. The number of anilines is 1. The zero-order chi connectivity index (χ0) is 10.8. The Bertz CT molecular complexity index is 362. The largest absolute Gasteiger partial charge is 0.330 e. The maximum atomic E-state index is 11.6. The highest BCUT2D eigenvalue weighted by Crippen LogP contribution is 2.21. The van der Waals surface area contributed by atoms with Crippen LogP contribution in [0.1, 0.15) is 12.1 Å². The summed E-state index contributed by atoms with van der Waals surface area (Å²) in [5.74, 6) is 0.964. The van der Waals surface area contributed by atoms with Crippen molar-refractivity contribution in [3.05, 3.63) is 17.8 Å². The standard InChI is InChI=1S/C10H14N4O/c1-7-2-3-9(13-12-7)14-6-8(5-11)4-10(14)15/h2-3,8H,4-6,11H2,1H3. The summed E-state index contributed by atoms with van der Waals surface area (Å²) >= 11 is 0. The molecule has 2 rings (SSSR count). The number of amides is 1. The molecule has 0 aliphatic carbocycles. The Morgan fingerprint density at radius 3 is 2.87 bits per heavy atom. The van der Waals surface area contributed by atoms with Gasteiger partial charge in [-0.15, -0.1) is 5.10 Å². The van der Waals surface area contributed by atoms with E-state index in [1.165, 1.54) is 0 Å². The molecular formula is C10H14N4O. The van der Waals surface area contributed by atoms with Crippen molar-refractivity contribution in [1.82, 2.24) is 10.2 Å². The van der Waals surface area contributed by atoms with Gasteiger partial charge in [0.15, 0.2) is 5.82 Å². The Kier molecular flexibility index (Phi) is 2.64. The minimum atomic E-state index is 0.0867. The monoisotopic (exact) mass is 206 g/mol. The fourth-order valence-electron chi connectivity index (χ4n) is 1.70. The fraction of sp³-hybridized carbons (Fsp3) is 0.500. The van der Waals surface area contributed by atoms with Crippen molar-refractivity contribution in [2.45, 2.75) is 13.3 Å². The second-order valence-electron chi connectivity index (χ2n) is 3.84. The third-order valence-electron chi connectivity index (χ3n) is 2.60. The molecule has 0 radical (unpaired) electrons. The Balaban J connectivity index is 2.18. The molecule has 0 spiro atoms. The van der Waals surface area contributed by atoms with E-state index in [0.29, 0.717) is 25.3 Å². The van der Waals surface area contributed by atoms with Gasteiger partial charge in [-0.05, 0) is 31.5 Å². The minimum Gasteiger partial charge on any atom is -0.330 e. The summed E-state index contributed by atoms with van der Waals surface area (Å²) in [4.78, 5) is 13.3. The molecule has 1 aromatic heterocycles. The van der Waals surface area contributed by atoms with Gasteiger partial charge in [0.1, 0.15) is 0 Å². The molecule has 15 heavy (non-hydrogen) atoms. The summed E-state index contributed by atoms with van der Waals surface area (Å²) in [6.45, 7) is 3.07. The zero-order valence-electron chi connectivity index (χ0n) is 8.68. The number of nitrogens with zero attached hydrogens (tertiary/aromatic N) is 3. The molecule has 1 fully saturated rings. The van der Waals surface area contributed by atoms with Gasteiger partial charge < -0.3 is 5.73 Å². The van der Waals surface area contributed by atoms with Crippen LogP contribution in [0.3, 0.4) is 0 Å². The Morgan fingerprint density at radius 1 is 1.53 bits per heavy atom. The van der Waals surface area contributed by atoms with Gasteiger partial charge in [-0.2, -0.15) is 5.10 Å². The van der Waals surface area contributed by atoms with Gasteiger partial charge in [-0.25, -0.2) is 0 Å². The van der Waals surface area contributed by atoms with Gasteiger partial charge in [0, 0.05) is 13.0 Å². The van der Waals surface area contributed by atoms with Gasteiger partial charge in [0.2, 0.25) is 5.91 Å². The normalized spacial score (nSPS) is 21.1. The molecule has 5 nitrogen and oxygen atoms in total. The van der Waals surface area contributed by atoms with Crippen LogP contribution < -0.4 is 10.6 Å². The molecule has 5 heteroatoms. The molecule has 2 N–H and O–H groups in total. The molecule has 1 amide bonds. The number of rotatable bonds is 2. The van der Waals surface area contributed by atoms with E-state index in [4.69, 9.17) is 5.73 Å². The lowest BCUT2D eigenvalue weighted by Crippen LogP contribution is -2.26. The van der Waals surface area contributed by atoms with Crippen molar-refractivity contribution in [2.75, 3.05) is 18.0 Å². The number of aryl methyl sites for hydroxylation is 1. The maximum Gasteiger partial charge on any atom is 0.228 e. The third kappa shape index (κ3) is 1.97. The lowest BCUT2D eigenvalue weighted by atomic mass is 10.1. The van der Waals surface area contributed by atoms with Crippen LogP contribution in [0, 0.1) is 12.8 Å². The topological polar surface area (TPSA) is 72.1 Å². The molecular weight excluding hydrogens is 192 g/mol. The highest BCUT2D eigenvalue weighted by Gasteiger charge is 2.30. The molecule has 0 bridgehead atoms. The van der Waals surface area contributed by atoms with Crippen LogP contribution in [0.25, 0.3) is 0 Å². The van der Waals surface area contributed by atoms with Crippen molar-refractivity contribution in [2.24, 2.45) is 11.7 Å². The van der Waals surface area contributed by atoms with Crippen LogP contribution in [-0.4, -0.2) is 29.2 Å². The SMILES string of the molecule is Cc1ccc(N2CC(CN)CC2=O)nn1. The summed E-state index contributed by atoms with van der Waals surface area (Å²) in [7, 11) is 0. The first-order valence-electron chi connectivity index (χ1n) is 5.01. The van der Waals surface area contributed by atoms with Gasteiger partial charge in [0.05, 0.1) is 5.69 Å². The highest BCUT2D eigenvalue weighted by molar-refractivity contribution is 5.94. The van der Waals surface area contributed by atoms with E-state index >= 15 is 0 Å². The third-order valence-corrected chi connectivity index (χ3v) is 2.60. The number of hydrogen-bond donors (Lipinski definition) is 1. The van der Waals surface area contributed by atoms with Gasteiger partial charge in [-0.1, -0.05) is 0 Å². The van der Waals surface area contributed by atoms with E-state index in [9.17, 15) is 4.79 Å². The second-order valence-corrected chi connectivity index (χ2v) is 3.84. The predicted octanol–water partition coefficient (Wildman–Crippen LogP) is 0.0966. The van der Waals surface area contributed by atoms with E-state index in [2.05, 4.69) is 10.2 Å². The van der Waals surface area contributed by atoms with E-state index < -0.39 is 0 Å². The van der Waals surface area contributed by atoms with E-state index in [1.807, 2.05) is 19.1 Å². The molecule has 0 saturated carbocycles. The van der Waals surface area contributed by atoms with Crippen LogP contribution in [0.15, 0.2) is 12.1 Å². The number of carbonyl (C=O) groups is 1. The molecule has 0 aromatic carbocycles. The van der Waals surface area contributed by atoms with E-state index in [1.54, 1.807) is 4.90 Å². The molecule has 1 aromatic rings. The number of nitrogens with two attached hydrogens (primary N) is 1. The Labute approximate surface area is 88.3 Å². The first-order valence-corrected chi connectivity index (χ1v) is 5.01. The van der Waals surface area contributed by atoms with Crippen LogP contribution in [0.4, 0.5) is 5.82 Å². The Hall–Kier alpha value is -1.49. The fourth-order valence-corrected chi connectivity index (χ4v) is 1.70. The summed E-state index contributed by atoms with van der Waals surface area (Å²) in [5, 5.41) is 7.93. The number of carbonyl (C=O) groups excluding carboxylic acids is 1. The molecule has 1 saturated heterocycles. The van der Waals surface area contributed by atoms with Crippen LogP contribution in [0.5, 0.6) is 0 Å². The first-order chi connectivity index (χ1) is 7.20. The maximum absolute atomic E-state index is 11.6. The number of aromatic nitrogens is 2. The summed E-state index contributed by atoms with van der Waals surface area (Å²) in [6, 6.07) is 3.67. The van der Waals surface area contributed by atoms with Crippen molar-refractivity contribution < 1.29 is 4.79 Å². The molecule has 1 atom stereocenters. The molecule has 1 aliphatic heterocycles. The lowest BCUT2D eigenvalue weighted by Gasteiger charge is -2.14. The quantitative estimate of drug-likeness (QED) is 0.744. The molecule has 2 heterocycles. The summed E-state index contributed by atoms with van der Waals surface area (Å²) < 4.78 is 0. The first kappa shape index (κ1) is 10.0. The zero-order valence-corrected chi connectivity index (χ0v) is 8.68. The van der Waals surface area contributed by atoms with E-state index in [0.717, 1.165) is 5.69 Å². The van der Waals surface area contributed by atoms with Gasteiger partial charge >= 0.3 is 0 Å². The number of hydrogen-bond acceptors (Lipinski definition) is 4. The highest BCUT2D eigenvalue weighted by atomic mass is 16.2. The van der Waals surface area contributed by atoms with Gasteiger partial charge in [-0.3, -0.25) is 9.69 Å².